The molecule has 2 rings (SSSR count). The van der Waals surface area contributed by atoms with Crippen LogP contribution in [0.25, 0.3) is 0 Å². The van der Waals surface area contributed by atoms with Crippen molar-refractivity contribution in [3.63, 3.8) is 0 Å². The summed E-state index contributed by atoms with van der Waals surface area (Å²) in [6.07, 6.45) is 0.901. The van der Waals surface area contributed by atoms with Gasteiger partial charge in [0.15, 0.2) is 11.5 Å². The molecule has 0 atom stereocenters. The first kappa shape index (κ1) is 11.4. The topological polar surface area (TPSA) is 55.8 Å². The minimum absolute atomic E-state index is 0.0630. The van der Waals surface area contributed by atoms with Crippen molar-refractivity contribution in [3.05, 3.63) is 23.3 Å². The molecular weight excluding hydrogens is 222 g/mol. The Labute approximate surface area is 98.9 Å². The third-order valence-corrected chi connectivity index (χ3v) is 2.60. The van der Waals surface area contributed by atoms with E-state index in [1.807, 2.05) is 0 Å². The molecule has 0 aliphatic carbocycles. The molecule has 5 nitrogen and oxygen atoms in total. The highest BCUT2D eigenvalue weighted by molar-refractivity contribution is 5.85. The molecule has 1 aliphatic heterocycles. The van der Waals surface area contributed by atoms with E-state index in [9.17, 15) is 9.59 Å². The van der Waals surface area contributed by atoms with Crippen LogP contribution in [0.3, 0.4) is 0 Å². The van der Waals surface area contributed by atoms with Crippen molar-refractivity contribution in [2.24, 2.45) is 0 Å². The molecule has 0 aromatic heterocycles. The molecule has 1 aliphatic rings. The van der Waals surface area contributed by atoms with Gasteiger partial charge in [0.2, 0.25) is 12.7 Å². The Balaban J connectivity index is 2.33. The fraction of sp³-hybridized carbons (Fsp3) is 0.333. The third-order valence-electron chi connectivity index (χ3n) is 2.60. The third kappa shape index (κ3) is 2.22. The summed E-state index contributed by atoms with van der Waals surface area (Å²) in [5.41, 5.74) is 1.12. The molecule has 0 saturated carbocycles. The molecule has 0 saturated heterocycles. The van der Waals surface area contributed by atoms with Crippen LogP contribution in [0, 0.1) is 0 Å². The van der Waals surface area contributed by atoms with E-state index in [1.54, 1.807) is 26.2 Å². The lowest BCUT2D eigenvalue weighted by atomic mass is 10.0. The number of benzene rings is 1. The summed E-state index contributed by atoms with van der Waals surface area (Å²) in [5.74, 6) is 1.07. The van der Waals surface area contributed by atoms with Crippen LogP contribution in [0.1, 0.15) is 15.9 Å². The van der Waals surface area contributed by atoms with Gasteiger partial charge in [0, 0.05) is 19.7 Å². The van der Waals surface area contributed by atoms with Gasteiger partial charge in [-0.3, -0.25) is 9.59 Å². The molecule has 90 valence electrons. The number of amides is 1. The first-order valence-electron chi connectivity index (χ1n) is 5.19. The molecule has 1 aromatic carbocycles. The van der Waals surface area contributed by atoms with Crippen LogP contribution in [0.5, 0.6) is 11.5 Å². The maximum absolute atomic E-state index is 11.6. The number of carbonyl (C=O) groups excluding carboxylic acids is 2. The Bertz CT molecular complexity index is 468. The molecule has 1 amide bonds. The molecule has 0 N–H and O–H groups in total. The molecule has 17 heavy (non-hydrogen) atoms. The van der Waals surface area contributed by atoms with Crippen LogP contribution in [0.4, 0.5) is 0 Å². The molecule has 1 heterocycles. The Morgan fingerprint density at radius 3 is 2.59 bits per heavy atom. The highest BCUT2D eigenvalue weighted by Gasteiger charge is 2.18. The fourth-order valence-corrected chi connectivity index (χ4v) is 1.58. The lowest BCUT2D eigenvalue weighted by Gasteiger charge is -2.11. The Morgan fingerprint density at radius 1 is 1.35 bits per heavy atom. The number of hydrogen-bond donors (Lipinski definition) is 0. The minimum Gasteiger partial charge on any atom is -0.454 e. The van der Waals surface area contributed by atoms with Crippen LogP contribution >= 0.6 is 0 Å². The predicted molar refractivity (Wildman–Crippen MR) is 60.4 cm³/mol. The summed E-state index contributed by atoms with van der Waals surface area (Å²) in [6.45, 7) is 0.151. The van der Waals surface area contributed by atoms with E-state index >= 15 is 0 Å². The molecule has 0 bridgehead atoms. The van der Waals surface area contributed by atoms with Gasteiger partial charge in [0.05, 0.1) is 6.42 Å². The van der Waals surface area contributed by atoms with Crippen molar-refractivity contribution in [3.8, 4) is 11.5 Å². The van der Waals surface area contributed by atoms with Crippen molar-refractivity contribution in [1.82, 2.24) is 4.90 Å². The molecule has 0 fully saturated rings. The zero-order valence-corrected chi connectivity index (χ0v) is 9.73. The van der Waals surface area contributed by atoms with Crippen molar-refractivity contribution in [2.45, 2.75) is 6.42 Å². The van der Waals surface area contributed by atoms with Crippen LogP contribution in [0.2, 0.25) is 0 Å². The van der Waals surface area contributed by atoms with Crippen molar-refractivity contribution in [2.75, 3.05) is 20.9 Å². The first-order valence-corrected chi connectivity index (χ1v) is 5.19. The number of nitrogens with zero attached hydrogens (tertiary/aromatic N) is 1. The van der Waals surface area contributed by atoms with Crippen LogP contribution in [0.15, 0.2) is 12.1 Å². The van der Waals surface area contributed by atoms with Crippen molar-refractivity contribution in [1.29, 1.82) is 0 Å². The predicted octanol–water partition coefficient (Wildman–Crippen LogP) is 0.858. The Hall–Kier alpha value is -2.04. The fourth-order valence-electron chi connectivity index (χ4n) is 1.58. The van der Waals surface area contributed by atoms with Crippen LogP contribution < -0.4 is 9.47 Å². The highest BCUT2D eigenvalue weighted by atomic mass is 16.7. The number of likely N-dealkylation sites (N-methyl/N-ethyl adjacent to an activating group) is 1. The maximum atomic E-state index is 11.6. The van der Waals surface area contributed by atoms with E-state index in [-0.39, 0.29) is 19.1 Å². The Morgan fingerprint density at radius 2 is 2.00 bits per heavy atom. The molecule has 1 aromatic rings. The lowest BCUT2D eigenvalue weighted by Crippen LogP contribution is -2.23. The second kappa shape index (κ2) is 4.45. The molecule has 5 heteroatoms. The number of ether oxygens (including phenoxy) is 2. The standard InChI is InChI=1S/C12H13NO4/c1-13(2)12(15)5-8-3-10-11(17-7-16-10)4-9(8)6-14/h3-4,6H,5,7H2,1-2H3. The van der Waals surface area contributed by atoms with Gasteiger partial charge < -0.3 is 14.4 Å². The van der Waals surface area contributed by atoms with Gasteiger partial charge in [0.25, 0.3) is 0 Å². The second-order valence-electron chi connectivity index (χ2n) is 3.99. The molecule has 0 spiro atoms. The van der Waals surface area contributed by atoms with Gasteiger partial charge >= 0.3 is 0 Å². The summed E-state index contributed by atoms with van der Waals surface area (Å²) in [5, 5.41) is 0. The van der Waals surface area contributed by atoms with Gasteiger partial charge in [-0.15, -0.1) is 0 Å². The van der Waals surface area contributed by atoms with Crippen LogP contribution in [-0.4, -0.2) is 38.0 Å². The lowest BCUT2D eigenvalue weighted by molar-refractivity contribution is -0.127. The summed E-state index contributed by atoms with van der Waals surface area (Å²) in [4.78, 5) is 24.1. The number of fused-ring (bicyclic) bond motifs is 1. The zero-order valence-electron chi connectivity index (χ0n) is 9.73. The SMILES string of the molecule is CN(C)C(=O)Cc1cc2c(cc1C=O)OCO2. The van der Waals surface area contributed by atoms with Crippen molar-refractivity contribution >= 4 is 12.2 Å². The van der Waals surface area contributed by atoms with Gasteiger partial charge in [-0.05, 0) is 17.7 Å². The summed E-state index contributed by atoms with van der Waals surface area (Å²) in [6, 6.07) is 3.29. The largest absolute Gasteiger partial charge is 0.454 e. The normalized spacial score (nSPS) is 12.4. The minimum atomic E-state index is -0.0630. The van der Waals surface area contributed by atoms with Gasteiger partial charge in [-0.25, -0.2) is 0 Å². The van der Waals surface area contributed by atoms with E-state index in [2.05, 4.69) is 0 Å². The number of rotatable bonds is 3. The molecular formula is C12H13NO4. The maximum Gasteiger partial charge on any atom is 0.231 e. The van der Waals surface area contributed by atoms with Gasteiger partial charge in [0.1, 0.15) is 6.29 Å². The Kier molecular flexibility index (Phi) is 2.99. The highest BCUT2D eigenvalue weighted by Crippen LogP contribution is 2.34. The summed E-state index contributed by atoms with van der Waals surface area (Å²) < 4.78 is 10.4. The second-order valence-corrected chi connectivity index (χ2v) is 3.99. The van der Waals surface area contributed by atoms with E-state index in [1.165, 1.54) is 4.90 Å². The summed E-state index contributed by atoms with van der Waals surface area (Å²) in [7, 11) is 3.35. The average molecular weight is 235 g/mol. The van der Waals surface area contributed by atoms with E-state index in [0.717, 1.165) is 6.29 Å². The first-order chi connectivity index (χ1) is 8.11. The number of carbonyl (C=O) groups is 2. The molecule has 0 radical (unpaired) electrons. The van der Waals surface area contributed by atoms with E-state index in [0.29, 0.717) is 22.6 Å². The monoisotopic (exact) mass is 235 g/mol. The number of aldehydes is 1. The van der Waals surface area contributed by atoms with Crippen LogP contribution in [-0.2, 0) is 11.2 Å². The smallest absolute Gasteiger partial charge is 0.231 e. The van der Waals surface area contributed by atoms with E-state index < -0.39 is 0 Å². The number of hydrogen-bond acceptors (Lipinski definition) is 4. The molecule has 0 unspecified atom stereocenters. The van der Waals surface area contributed by atoms with Gasteiger partial charge in [-0.1, -0.05) is 0 Å². The average Bonchev–Trinajstić information content (AvgIpc) is 2.74. The summed E-state index contributed by atoms with van der Waals surface area (Å²) >= 11 is 0. The van der Waals surface area contributed by atoms with Crippen molar-refractivity contribution < 1.29 is 19.1 Å². The van der Waals surface area contributed by atoms with E-state index in [4.69, 9.17) is 9.47 Å². The quantitative estimate of drug-likeness (QED) is 0.729. The zero-order chi connectivity index (χ0) is 12.4. The van der Waals surface area contributed by atoms with Gasteiger partial charge in [-0.2, -0.15) is 0 Å².